The zero-order valence-corrected chi connectivity index (χ0v) is 21.7. The molecule has 37 heavy (non-hydrogen) atoms. The van der Waals surface area contributed by atoms with Crippen molar-refractivity contribution >= 4 is 28.8 Å². The molecular formula is C29H26N4O3S. The number of nitrogens with zero attached hydrogens (tertiary/aromatic N) is 4. The number of carboxylic acid groups (broad SMARTS) is 1. The van der Waals surface area contributed by atoms with Crippen molar-refractivity contribution in [3.63, 3.8) is 0 Å². The van der Waals surface area contributed by atoms with Gasteiger partial charge in [-0.15, -0.1) is 21.5 Å². The Kier molecular flexibility index (Phi) is 5.64. The summed E-state index contributed by atoms with van der Waals surface area (Å²) in [6, 6.07) is 15.3. The number of carbonyl (C=O) groups is 2. The first-order chi connectivity index (χ1) is 17.8. The van der Waals surface area contributed by atoms with Gasteiger partial charge in [-0.25, -0.2) is 0 Å². The summed E-state index contributed by atoms with van der Waals surface area (Å²) >= 11 is 1.65. The number of carboxylic acids is 1. The smallest absolute Gasteiger partial charge is 0.306 e. The highest BCUT2D eigenvalue weighted by Crippen LogP contribution is 2.40. The highest BCUT2D eigenvalue weighted by molar-refractivity contribution is 7.15. The molecule has 0 amide bonds. The van der Waals surface area contributed by atoms with E-state index in [1.165, 1.54) is 4.88 Å². The summed E-state index contributed by atoms with van der Waals surface area (Å²) in [7, 11) is 0. The second kappa shape index (κ2) is 8.88. The molecule has 1 N–H and O–H groups in total. The van der Waals surface area contributed by atoms with Crippen molar-refractivity contribution in [2.75, 3.05) is 0 Å². The van der Waals surface area contributed by atoms with Gasteiger partial charge in [-0.3, -0.25) is 19.1 Å². The Morgan fingerprint density at radius 1 is 1.00 bits per heavy atom. The summed E-state index contributed by atoms with van der Waals surface area (Å²) in [5.41, 5.74) is 6.54. The standard InChI is InChI=1S/C29H26N4O3S/c1-15-16(2)37-29-25(15)26(30-23(14-24(34)35)28-32-31-17(3)33(28)29)19-9-7-18(8-10-19)21-5-4-6-22(13-21)27(36)20-11-12-20/h4-10,13,20,23H,11-12,14H2,1-3H3,(H,34,35)/t23-/m0/s1. The molecule has 1 aliphatic carbocycles. The van der Waals surface area contributed by atoms with Crippen LogP contribution < -0.4 is 0 Å². The lowest BCUT2D eigenvalue weighted by molar-refractivity contribution is -0.137. The summed E-state index contributed by atoms with van der Waals surface area (Å²) in [6.07, 6.45) is 1.80. The first-order valence-corrected chi connectivity index (χ1v) is 13.2. The fraction of sp³-hybridized carbons (Fsp3) is 0.276. The maximum absolute atomic E-state index is 12.6. The Bertz CT molecular complexity index is 1590. The monoisotopic (exact) mass is 510 g/mol. The number of aliphatic imine (C=N–C) groups is 1. The predicted molar refractivity (Wildman–Crippen MR) is 143 cm³/mol. The number of rotatable bonds is 6. The van der Waals surface area contributed by atoms with Gasteiger partial charge in [0.25, 0.3) is 0 Å². The van der Waals surface area contributed by atoms with Gasteiger partial charge in [-0.2, -0.15) is 0 Å². The van der Waals surface area contributed by atoms with E-state index in [1.807, 2.05) is 60.0 Å². The number of aliphatic carboxylic acids is 1. The molecule has 3 heterocycles. The highest BCUT2D eigenvalue weighted by atomic mass is 32.1. The van der Waals surface area contributed by atoms with Gasteiger partial charge in [0, 0.05) is 27.5 Å². The van der Waals surface area contributed by atoms with Crippen LogP contribution in [-0.4, -0.2) is 37.3 Å². The van der Waals surface area contributed by atoms with E-state index in [0.29, 0.717) is 11.6 Å². The molecule has 2 aromatic heterocycles. The number of hydrogen-bond donors (Lipinski definition) is 1. The van der Waals surface area contributed by atoms with Crippen LogP contribution in [0.15, 0.2) is 53.5 Å². The minimum absolute atomic E-state index is 0.172. The number of fused-ring (bicyclic) bond motifs is 3. The number of Topliss-reactive ketones (excluding diaryl/α,β-unsaturated/α-hetero) is 1. The molecule has 1 atom stereocenters. The van der Waals surface area contributed by atoms with Gasteiger partial charge in [-0.05, 0) is 56.4 Å². The van der Waals surface area contributed by atoms with Gasteiger partial charge >= 0.3 is 5.97 Å². The second-order valence-electron chi connectivity index (χ2n) is 9.79. The molecule has 1 fully saturated rings. The molecule has 6 rings (SSSR count). The molecule has 4 aromatic rings. The molecule has 0 radical (unpaired) electrons. The average molecular weight is 511 g/mol. The van der Waals surface area contributed by atoms with Crippen molar-refractivity contribution in [3.05, 3.63) is 87.3 Å². The quantitative estimate of drug-likeness (QED) is 0.327. The lowest BCUT2D eigenvalue weighted by atomic mass is 9.95. The van der Waals surface area contributed by atoms with E-state index in [-0.39, 0.29) is 18.1 Å². The Morgan fingerprint density at radius 3 is 2.43 bits per heavy atom. The van der Waals surface area contributed by atoms with Crippen LogP contribution in [0.1, 0.15) is 68.9 Å². The normalized spacial score (nSPS) is 16.5. The molecule has 186 valence electrons. The van der Waals surface area contributed by atoms with Crippen LogP contribution in [0.4, 0.5) is 0 Å². The predicted octanol–water partition coefficient (Wildman–Crippen LogP) is 5.88. The lowest BCUT2D eigenvalue weighted by Crippen LogP contribution is -2.10. The Morgan fingerprint density at radius 2 is 1.73 bits per heavy atom. The number of benzene rings is 2. The molecule has 2 aromatic carbocycles. The third-order valence-electron chi connectivity index (χ3n) is 7.19. The minimum Gasteiger partial charge on any atom is -0.481 e. The van der Waals surface area contributed by atoms with Crippen LogP contribution in [0.2, 0.25) is 0 Å². The summed E-state index contributed by atoms with van der Waals surface area (Å²) in [4.78, 5) is 30.5. The van der Waals surface area contributed by atoms with E-state index in [0.717, 1.165) is 56.9 Å². The number of aromatic nitrogens is 3. The van der Waals surface area contributed by atoms with Gasteiger partial charge < -0.3 is 5.11 Å². The molecule has 7 nitrogen and oxygen atoms in total. The third kappa shape index (κ3) is 4.11. The van der Waals surface area contributed by atoms with E-state index in [4.69, 9.17) is 4.99 Å². The van der Waals surface area contributed by atoms with E-state index >= 15 is 0 Å². The van der Waals surface area contributed by atoms with Gasteiger partial charge in [0.05, 0.1) is 12.1 Å². The maximum Gasteiger partial charge on any atom is 0.306 e. The molecular weight excluding hydrogens is 484 g/mol. The van der Waals surface area contributed by atoms with Crippen molar-refractivity contribution in [2.45, 2.75) is 46.1 Å². The van der Waals surface area contributed by atoms with Gasteiger partial charge in [0.2, 0.25) is 0 Å². The molecule has 8 heteroatoms. The summed E-state index contributed by atoms with van der Waals surface area (Å²) < 4.78 is 1.96. The second-order valence-corrected chi connectivity index (χ2v) is 11.0. The molecule has 1 aliphatic heterocycles. The van der Waals surface area contributed by atoms with E-state index in [9.17, 15) is 14.7 Å². The number of carbonyl (C=O) groups excluding carboxylic acids is 1. The van der Waals surface area contributed by atoms with Gasteiger partial charge in [-0.1, -0.05) is 42.5 Å². The highest BCUT2D eigenvalue weighted by Gasteiger charge is 2.33. The van der Waals surface area contributed by atoms with Crippen molar-refractivity contribution in [1.82, 2.24) is 14.8 Å². The zero-order valence-electron chi connectivity index (χ0n) is 20.9. The number of ketones is 1. The van der Waals surface area contributed by atoms with E-state index in [1.54, 1.807) is 11.3 Å². The molecule has 1 saturated carbocycles. The van der Waals surface area contributed by atoms with Crippen LogP contribution in [0.5, 0.6) is 0 Å². The number of thiophene rings is 1. The molecule has 2 aliphatic rings. The fourth-order valence-electron chi connectivity index (χ4n) is 4.94. The van der Waals surface area contributed by atoms with Crippen molar-refractivity contribution in [2.24, 2.45) is 10.9 Å². The molecule has 0 spiro atoms. The van der Waals surface area contributed by atoms with E-state index in [2.05, 4.69) is 24.0 Å². The first kappa shape index (κ1) is 23.5. The molecule has 0 unspecified atom stereocenters. The van der Waals surface area contributed by atoms with Crippen molar-refractivity contribution in [3.8, 4) is 16.1 Å². The summed E-state index contributed by atoms with van der Waals surface area (Å²) in [5, 5.41) is 19.2. The lowest BCUT2D eigenvalue weighted by Gasteiger charge is -2.12. The van der Waals surface area contributed by atoms with Crippen LogP contribution >= 0.6 is 11.3 Å². The van der Waals surface area contributed by atoms with Crippen molar-refractivity contribution in [1.29, 1.82) is 0 Å². The van der Waals surface area contributed by atoms with E-state index < -0.39 is 12.0 Å². The van der Waals surface area contributed by atoms with Gasteiger partial charge in [0.15, 0.2) is 11.6 Å². The largest absolute Gasteiger partial charge is 0.481 e. The molecule has 0 bridgehead atoms. The third-order valence-corrected chi connectivity index (χ3v) is 8.39. The topological polar surface area (TPSA) is 97.4 Å². The van der Waals surface area contributed by atoms with Crippen LogP contribution in [0.25, 0.3) is 16.1 Å². The first-order valence-electron chi connectivity index (χ1n) is 12.4. The SMILES string of the molecule is Cc1sc2c(c1C)C(c1ccc(-c3cccc(C(=O)C4CC4)c3)cc1)=N[C@@H](CC(=O)O)c1nnc(C)n1-2. The van der Waals surface area contributed by atoms with Crippen LogP contribution in [0, 0.1) is 26.7 Å². The average Bonchev–Trinajstić information content (AvgIpc) is 3.63. The van der Waals surface area contributed by atoms with Gasteiger partial charge in [0.1, 0.15) is 16.9 Å². The Hall–Kier alpha value is -3.91. The van der Waals surface area contributed by atoms with Crippen LogP contribution in [0.3, 0.4) is 0 Å². The zero-order chi connectivity index (χ0) is 25.8. The minimum atomic E-state index is -0.936. The number of hydrogen-bond acceptors (Lipinski definition) is 6. The molecule has 0 saturated heterocycles. The fourth-order valence-corrected chi connectivity index (χ4v) is 6.16. The Balaban J connectivity index is 1.44. The van der Waals surface area contributed by atoms with Crippen molar-refractivity contribution < 1.29 is 14.7 Å². The summed E-state index contributed by atoms with van der Waals surface area (Å²) in [6.45, 7) is 6.04. The summed E-state index contributed by atoms with van der Waals surface area (Å²) in [5.74, 6) is 0.736. The number of aryl methyl sites for hydroxylation is 2. The maximum atomic E-state index is 12.6. The Labute approximate surface area is 218 Å². The van der Waals surface area contributed by atoms with Crippen LogP contribution in [-0.2, 0) is 4.79 Å².